The van der Waals surface area contributed by atoms with Crippen LogP contribution in [0.15, 0.2) is 18.2 Å². The van der Waals surface area contributed by atoms with Crippen molar-refractivity contribution < 1.29 is 14.5 Å². The molecule has 1 aromatic rings. The van der Waals surface area contributed by atoms with Gasteiger partial charge in [0.1, 0.15) is 10.6 Å². The first-order valence-corrected chi connectivity index (χ1v) is 7.24. The number of ether oxygens (including phenoxy) is 1. The predicted octanol–water partition coefficient (Wildman–Crippen LogP) is 2.83. The number of nitrogens with zero attached hydrogens (tertiary/aromatic N) is 1. The van der Waals surface area contributed by atoms with E-state index in [-0.39, 0.29) is 10.7 Å². The third-order valence-electron chi connectivity index (χ3n) is 2.63. The van der Waals surface area contributed by atoms with Crippen LogP contribution in [-0.2, 0) is 4.74 Å². The van der Waals surface area contributed by atoms with Crippen LogP contribution in [0.25, 0.3) is 0 Å². The lowest BCUT2D eigenvalue weighted by molar-refractivity contribution is -0.384. The topological polar surface area (TPSA) is 120 Å². The van der Waals surface area contributed by atoms with E-state index in [1.807, 2.05) is 0 Å². The van der Waals surface area contributed by atoms with Crippen molar-refractivity contribution in [3.05, 3.63) is 28.3 Å². The van der Waals surface area contributed by atoms with E-state index in [1.54, 1.807) is 27.7 Å². The summed E-state index contributed by atoms with van der Waals surface area (Å²) in [6.07, 6.45) is -0.610. The molecule has 1 amide bonds. The van der Waals surface area contributed by atoms with E-state index in [0.29, 0.717) is 11.4 Å². The number of nitrogens with one attached hydrogen (secondary N) is 2. The number of rotatable bonds is 4. The number of nitro benzene ring substituents is 1. The van der Waals surface area contributed by atoms with Crippen molar-refractivity contribution >= 4 is 40.4 Å². The van der Waals surface area contributed by atoms with Crippen LogP contribution in [-0.4, -0.2) is 27.6 Å². The number of non-ortho nitro benzene ring substituents is 1. The average molecular weight is 340 g/mol. The first kappa shape index (κ1) is 18.6. The molecule has 4 N–H and O–H groups in total. The molecule has 0 heterocycles. The van der Waals surface area contributed by atoms with Crippen molar-refractivity contribution in [1.82, 2.24) is 5.32 Å². The smallest absolute Gasteiger partial charge is 0.408 e. The van der Waals surface area contributed by atoms with Crippen molar-refractivity contribution in [3.8, 4) is 0 Å². The van der Waals surface area contributed by atoms with Gasteiger partial charge in [-0.2, -0.15) is 0 Å². The Labute approximate surface area is 139 Å². The normalized spacial score (nSPS) is 12.2. The highest BCUT2D eigenvalue weighted by Gasteiger charge is 2.20. The van der Waals surface area contributed by atoms with Crippen LogP contribution in [0.1, 0.15) is 27.7 Å². The Morgan fingerprint density at radius 3 is 2.57 bits per heavy atom. The summed E-state index contributed by atoms with van der Waals surface area (Å²) in [6.45, 7) is 6.90. The number of carbonyl (C=O) groups is 1. The Morgan fingerprint density at radius 1 is 1.43 bits per heavy atom. The van der Waals surface area contributed by atoms with Gasteiger partial charge in [0.05, 0.1) is 22.3 Å². The van der Waals surface area contributed by atoms with E-state index >= 15 is 0 Å². The fourth-order valence-electron chi connectivity index (χ4n) is 1.56. The highest BCUT2D eigenvalue weighted by molar-refractivity contribution is 7.80. The summed E-state index contributed by atoms with van der Waals surface area (Å²) in [5.74, 6) is 0. The number of benzene rings is 1. The van der Waals surface area contributed by atoms with Crippen LogP contribution in [0.5, 0.6) is 0 Å². The van der Waals surface area contributed by atoms with E-state index in [1.165, 1.54) is 18.2 Å². The van der Waals surface area contributed by atoms with Crippen LogP contribution >= 0.6 is 12.2 Å². The fraction of sp³-hybridized carbons (Fsp3) is 0.429. The summed E-state index contributed by atoms with van der Waals surface area (Å²) in [4.78, 5) is 22.2. The Kier molecular flexibility index (Phi) is 5.85. The molecule has 23 heavy (non-hydrogen) atoms. The van der Waals surface area contributed by atoms with E-state index in [4.69, 9.17) is 22.7 Å². The van der Waals surface area contributed by atoms with Gasteiger partial charge in [-0.25, -0.2) is 4.79 Å². The molecule has 1 unspecified atom stereocenters. The largest absolute Gasteiger partial charge is 0.444 e. The summed E-state index contributed by atoms with van der Waals surface area (Å²) in [7, 11) is 0. The molecule has 0 aliphatic rings. The van der Waals surface area contributed by atoms with Gasteiger partial charge in [-0.3, -0.25) is 10.1 Å². The molecule has 0 saturated carbocycles. The van der Waals surface area contributed by atoms with Gasteiger partial charge in [0, 0.05) is 12.1 Å². The van der Waals surface area contributed by atoms with Crippen molar-refractivity contribution in [2.75, 3.05) is 11.1 Å². The number of nitrogen functional groups attached to an aromatic ring is 1. The van der Waals surface area contributed by atoms with Gasteiger partial charge in [-0.15, -0.1) is 0 Å². The molecule has 0 bridgehead atoms. The van der Waals surface area contributed by atoms with Crippen LogP contribution in [0.4, 0.5) is 21.9 Å². The van der Waals surface area contributed by atoms with Crippen LogP contribution < -0.4 is 16.4 Å². The molecule has 0 spiro atoms. The molecule has 0 aromatic heterocycles. The highest BCUT2D eigenvalue weighted by Crippen LogP contribution is 2.24. The van der Waals surface area contributed by atoms with E-state index in [0.717, 1.165) is 0 Å². The summed E-state index contributed by atoms with van der Waals surface area (Å²) in [5.41, 5.74) is 5.65. The number of hydrogen-bond donors (Lipinski definition) is 3. The maximum Gasteiger partial charge on any atom is 0.408 e. The second-order valence-electron chi connectivity index (χ2n) is 5.89. The molecule has 8 nitrogen and oxygen atoms in total. The van der Waals surface area contributed by atoms with Crippen molar-refractivity contribution in [3.63, 3.8) is 0 Å². The number of hydrogen-bond acceptors (Lipinski definition) is 6. The first-order valence-electron chi connectivity index (χ1n) is 6.84. The quantitative estimate of drug-likeness (QED) is 0.333. The number of thiocarbonyl (C=S) groups is 1. The summed E-state index contributed by atoms with van der Waals surface area (Å²) < 4.78 is 5.13. The summed E-state index contributed by atoms with van der Waals surface area (Å²) >= 11 is 5.18. The Morgan fingerprint density at radius 2 is 2.04 bits per heavy atom. The van der Waals surface area contributed by atoms with Gasteiger partial charge in [0.2, 0.25) is 0 Å². The zero-order valence-electron chi connectivity index (χ0n) is 13.4. The molecule has 0 fully saturated rings. The van der Waals surface area contributed by atoms with Gasteiger partial charge in [-0.1, -0.05) is 12.2 Å². The van der Waals surface area contributed by atoms with E-state index in [2.05, 4.69) is 10.6 Å². The maximum absolute atomic E-state index is 11.7. The lowest BCUT2D eigenvalue weighted by atomic mass is 10.2. The number of nitrogens with two attached hydrogens (primary N) is 1. The standard InChI is InChI=1S/C14H20N4O4S/c1-8(16-13(19)22-14(2,3)4)12(23)17-11-7-9(18(20)21)5-6-10(11)15/h5-8H,15H2,1-4H3,(H,16,19)(H,17,23). The molecule has 126 valence electrons. The van der Waals surface area contributed by atoms with Gasteiger partial charge >= 0.3 is 6.09 Å². The maximum atomic E-state index is 11.7. The molecule has 0 aliphatic carbocycles. The fourth-order valence-corrected chi connectivity index (χ4v) is 1.73. The van der Waals surface area contributed by atoms with Crippen LogP contribution in [0.2, 0.25) is 0 Å². The third-order valence-corrected chi connectivity index (χ3v) is 3.09. The van der Waals surface area contributed by atoms with Gasteiger partial charge in [-0.05, 0) is 33.8 Å². The Bertz CT molecular complexity index is 628. The SMILES string of the molecule is CC(NC(=O)OC(C)(C)C)C(=S)Nc1cc([N+](=O)[O-])ccc1N. The molecule has 0 aliphatic heterocycles. The van der Waals surface area contributed by atoms with E-state index < -0.39 is 22.7 Å². The zero-order chi connectivity index (χ0) is 17.8. The molecular weight excluding hydrogens is 320 g/mol. The second kappa shape index (κ2) is 7.23. The van der Waals surface area contributed by atoms with E-state index in [9.17, 15) is 14.9 Å². The lowest BCUT2D eigenvalue weighted by Gasteiger charge is -2.22. The average Bonchev–Trinajstić information content (AvgIpc) is 2.38. The van der Waals surface area contributed by atoms with Gasteiger partial charge in [0.15, 0.2) is 0 Å². The molecule has 1 aromatic carbocycles. The molecule has 1 atom stereocenters. The summed E-state index contributed by atoms with van der Waals surface area (Å²) in [5, 5.41) is 16.2. The monoisotopic (exact) mass is 340 g/mol. The Hall–Kier alpha value is -2.42. The Balaban J connectivity index is 2.74. The number of alkyl carbamates (subject to hydrolysis) is 1. The van der Waals surface area contributed by atoms with Crippen molar-refractivity contribution in [2.45, 2.75) is 39.3 Å². The van der Waals surface area contributed by atoms with Crippen molar-refractivity contribution in [1.29, 1.82) is 0 Å². The third kappa shape index (κ3) is 6.07. The number of amides is 1. The number of anilines is 2. The van der Waals surface area contributed by atoms with Gasteiger partial charge < -0.3 is 21.1 Å². The lowest BCUT2D eigenvalue weighted by Crippen LogP contribution is -2.43. The molecule has 1 rings (SSSR count). The molecule has 0 saturated heterocycles. The van der Waals surface area contributed by atoms with Crippen molar-refractivity contribution in [2.24, 2.45) is 0 Å². The van der Waals surface area contributed by atoms with Crippen LogP contribution in [0.3, 0.4) is 0 Å². The second-order valence-corrected chi connectivity index (χ2v) is 6.33. The highest BCUT2D eigenvalue weighted by atomic mass is 32.1. The first-order chi connectivity index (χ1) is 10.5. The number of carbonyl (C=O) groups excluding carboxylic acids is 1. The predicted molar refractivity (Wildman–Crippen MR) is 92.6 cm³/mol. The summed E-state index contributed by atoms with van der Waals surface area (Å²) in [6, 6.07) is 3.45. The van der Waals surface area contributed by atoms with Gasteiger partial charge in [0.25, 0.3) is 5.69 Å². The minimum absolute atomic E-state index is 0.114. The zero-order valence-corrected chi connectivity index (χ0v) is 14.2. The number of nitro groups is 1. The minimum Gasteiger partial charge on any atom is -0.444 e. The molecular formula is C14H20N4O4S. The molecule has 0 radical (unpaired) electrons. The van der Waals surface area contributed by atoms with Crippen LogP contribution in [0, 0.1) is 10.1 Å². The molecule has 9 heteroatoms. The minimum atomic E-state index is -0.622.